The van der Waals surface area contributed by atoms with E-state index in [2.05, 4.69) is 20.4 Å². The average Bonchev–Trinajstić information content (AvgIpc) is 3.28. The Hall–Kier alpha value is -1.89. The second-order valence-electron chi connectivity index (χ2n) is 5.29. The van der Waals surface area contributed by atoms with Gasteiger partial charge in [-0.1, -0.05) is 0 Å². The minimum Gasteiger partial charge on any atom is -0.345 e. The van der Waals surface area contributed by atoms with Crippen molar-refractivity contribution in [3.63, 3.8) is 0 Å². The number of amides is 1. The van der Waals surface area contributed by atoms with Crippen LogP contribution in [-0.4, -0.2) is 31.4 Å². The van der Waals surface area contributed by atoms with Gasteiger partial charge in [0.25, 0.3) is 0 Å². The lowest BCUT2D eigenvalue weighted by Crippen LogP contribution is -2.33. The third kappa shape index (κ3) is 3.65. The van der Waals surface area contributed by atoms with Crippen molar-refractivity contribution in [2.24, 2.45) is 5.92 Å². The van der Waals surface area contributed by atoms with E-state index in [9.17, 15) is 4.79 Å². The quantitative estimate of drug-likeness (QED) is 0.791. The fraction of sp³-hybridized carbons (Fsp3) is 0.467. The summed E-state index contributed by atoms with van der Waals surface area (Å²) in [6.45, 7) is 2.80. The highest BCUT2D eigenvalue weighted by Gasteiger charge is 2.36. The molecule has 0 aromatic carbocycles. The lowest BCUT2D eigenvalue weighted by atomic mass is 10.1. The lowest BCUT2D eigenvalue weighted by molar-refractivity contribution is -0.119. The summed E-state index contributed by atoms with van der Waals surface area (Å²) < 4.78 is 1.86. The highest BCUT2D eigenvalue weighted by Crippen LogP contribution is 2.40. The maximum Gasteiger partial charge on any atom is 0.230 e. The molecule has 0 saturated heterocycles. The number of nitrogens with zero attached hydrogens (tertiary/aromatic N) is 4. The number of aryl methyl sites for hydroxylation is 1. The molecular weight excluding hydrogens is 298 g/mol. The highest BCUT2D eigenvalue weighted by molar-refractivity contribution is 8.00. The average molecular weight is 317 g/mol. The maximum atomic E-state index is 12.2. The summed E-state index contributed by atoms with van der Waals surface area (Å²) in [6.07, 6.45) is 7.30. The molecule has 0 aliphatic heterocycles. The van der Waals surface area contributed by atoms with Gasteiger partial charge in [-0.25, -0.2) is 9.67 Å². The standard InChI is InChI=1S/C15H19N5OS/c1-2-20-15(17-10-18-20)14(11-3-4-11)19-13(21)9-22-12-5-7-16-8-6-12/h5-8,10-11,14H,2-4,9H2,1H3,(H,19,21)/t14-/m1/s1. The molecule has 116 valence electrons. The van der Waals surface area contributed by atoms with E-state index in [0.29, 0.717) is 11.7 Å². The highest BCUT2D eigenvalue weighted by atomic mass is 32.2. The number of rotatable bonds is 7. The number of nitrogens with one attached hydrogen (secondary N) is 1. The van der Waals surface area contributed by atoms with Crippen LogP contribution in [0.1, 0.15) is 31.6 Å². The molecule has 7 heteroatoms. The Morgan fingerprint density at radius 3 is 2.91 bits per heavy atom. The number of hydrogen-bond acceptors (Lipinski definition) is 5. The molecule has 2 heterocycles. The van der Waals surface area contributed by atoms with Crippen LogP contribution in [0, 0.1) is 5.92 Å². The molecule has 2 aromatic rings. The molecule has 1 amide bonds. The smallest absolute Gasteiger partial charge is 0.230 e. The van der Waals surface area contributed by atoms with Gasteiger partial charge in [-0.15, -0.1) is 11.8 Å². The van der Waals surface area contributed by atoms with Crippen LogP contribution in [0.5, 0.6) is 0 Å². The van der Waals surface area contributed by atoms with Gasteiger partial charge in [-0.2, -0.15) is 5.10 Å². The summed E-state index contributed by atoms with van der Waals surface area (Å²) >= 11 is 1.51. The number of hydrogen-bond donors (Lipinski definition) is 1. The second kappa shape index (κ2) is 6.91. The van der Waals surface area contributed by atoms with Gasteiger partial charge in [0.2, 0.25) is 5.91 Å². The van der Waals surface area contributed by atoms with Gasteiger partial charge in [-0.05, 0) is 37.8 Å². The van der Waals surface area contributed by atoms with Gasteiger partial charge in [0.1, 0.15) is 12.2 Å². The molecule has 2 aromatic heterocycles. The Morgan fingerprint density at radius 2 is 2.23 bits per heavy atom. The zero-order valence-electron chi connectivity index (χ0n) is 12.5. The maximum absolute atomic E-state index is 12.2. The Bertz CT molecular complexity index is 626. The van der Waals surface area contributed by atoms with Crippen molar-refractivity contribution in [3.8, 4) is 0 Å². The van der Waals surface area contributed by atoms with Gasteiger partial charge >= 0.3 is 0 Å². The number of carbonyl (C=O) groups is 1. The van der Waals surface area contributed by atoms with Crippen LogP contribution < -0.4 is 5.32 Å². The molecule has 0 unspecified atom stereocenters. The Balaban J connectivity index is 1.60. The van der Waals surface area contributed by atoms with Gasteiger partial charge in [0.15, 0.2) is 0 Å². The predicted octanol–water partition coefficient (Wildman–Crippen LogP) is 2.05. The molecule has 1 aliphatic carbocycles. The molecule has 1 N–H and O–H groups in total. The lowest BCUT2D eigenvalue weighted by Gasteiger charge is -2.18. The molecule has 0 bridgehead atoms. The monoisotopic (exact) mass is 317 g/mol. The molecule has 1 saturated carbocycles. The van der Waals surface area contributed by atoms with E-state index in [0.717, 1.165) is 30.1 Å². The van der Waals surface area contributed by atoms with Crippen LogP contribution in [0.2, 0.25) is 0 Å². The summed E-state index contributed by atoms with van der Waals surface area (Å²) in [5.41, 5.74) is 0. The number of carbonyl (C=O) groups excluding carboxylic acids is 1. The first-order chi connectivity index (χ1) is 10.8. The largest absolute Gasteiger partial charge is 0.345 e. The fourth-order valence-electron chi connectivity index (χ4n) is 2.38. The first kappa shape index (κ1) is 15.0. The van der Waals surface area contributed by atoms with E-state index < -0.39 is 0 Å². The minimum atomic E-state index is -0.0204. The van der Waals surface area contributed by atoms with Crippen molar-refractivity contribution < 1.29 is 4.79 Å². The van der Waals surface area contributed by atoms with Crippen molar-refractivity contribution in [1.29, 1.82) is 0 Å². The van der Waals surface area contributed by atoms with Crippen LogP contribution >= 0.6 is 11.8 Å². The van der Waals surface area contributed by atoms with Crippen molar-refractivity contribution in [2.45, 2.75) is 37.2 Å². The molecule has 1 fully saturated rings. The van der Waals surface area contributed by atoms with Crippen LogP contribution in [0.15, 0.2) is 35.7 Å². The van der Waals surface area contributed by atoms with E-state index in [4.69, 9.17) is 0 Å². The van der Waals surface area contributed by atoms with E-state index in [1.54, 1.807) is 18.7 Å². The third-order valence-electron chi connectivity index (χ3n) is 3.65. The first-order valence-corrected chi connectivity index (χ1v) is 8.46. The summed E-state index contributed by atoms with van der Waals surface area (Å²) in [7, 11) is 0. The van der Waals surface area contributed by atoms with Crippen LogP contribution in [0.25, 0.3) is 0 Å². The molecule has 22 heavy (non-hydrogen) atoms. The predicted molar refractivity (Wildman–Crippen MR) is 84.3 cm³/mol. The van der Waals surface area contributed by atoms with Crippen LogP contribution in [0.4, 0.5) is 0 Å². The first-order valence-electron chi connectivity index (χ1n) is 7.48. The number of aromatic nitrogens is 4. The molecule has 0 spiro atoms. The van der Waals surface area contributed by atoms with E-state index in [1.807, 2.05) is 23.7 Å². The van der Waals surface area contributed by atoms with E-state index in [1.165, 1.54) is 11.8 Å². The number of thioether (sulfide) groups is 1. The zero-order chi connectivity index (χ0) is 15.4. The molecule has 6 nitrogen and oxygen atoms in total. The fourth-order valence-corrected chi connectivity index (χ4v) is 3.07. The second-order valence-corrected chi connectivity index (χ2v) is 6.34. The topological polar surface area (TPSA) is 72.7 Å². The molecule has 1 atom stereocenters. The third-order valence-corrected chi connectivity index (χ3v) is 4.66. The SMILES string of the molecule is CCn1ncnc1[C@H](NC(=O)CSc1ccncc1)C1CC1. The molecule has 1 aliphatic rings. The Morgan fingerprint density at radius 1 is 1.45 bits per heavy atom. The summed E-state index contributed by atoms with van der Waals surface area (Å²) in [5, 5.41) is 7.34. The molecule has 0 radical (unpaired) electrons. The van der Waals surface area contributed by atoms with Crippen molar-refractivity contribution >= 4 is 17.7 Å². The van der Waals surface area contributed by atoms with Crippen LogP contribution in [-0.2, 0) is 11.3 Å². The van der Waals surface area contributed by atoms with Gasteiger partial charge in [0, 0.05) is 23.8 Å². The summed E-state index contributed by atoms with van der Waals surface area (Å²) in [5.74, 6) is 1.79. The molecular formula is C15H19N5OS. The van der Waals surface area contributed by atoms with E-state index in [-0.39, 0.29) is 11.9 Å². The minimum absolute atomic E-state index is 0.0204. The van der Waals surface area contributed by atoms with Crippen molar-refractivity contribution in [2.75, 3.05) is 5.75 Å². The van der Waals surface area contributed by atoms with Crippen molar-refractivity contribution in [3.05, 3.63) is 36.7 Å². The normalized spacial score (nSPS) is 15.5. The van der Waals surface area contributed by atoms with Gasteiger partial charge in [-0.3, -0.25) is 9.78 Å². The Labute approximate surface area is 133 Å². The Kier molecular flexibility index (Phi) is 4.72. The summed E-state index contributed by atoms with van der Waals surface area (Å²) in [4.78, 5) is 21.6. The van der Waals surface area contributed by atoms with Crippen molar-refractivity contribution in [1.82, 2.24) is 25.1 Å². The van der Waals surface area contributed by atoms with Gasteiger partial charge < -0.3 is 5.32 Å². The number of pyridine rings is 1. The molecule has 3 rings (SSSR count). The summed E-state index contributed by atoms with van der Waals surface area (Å²) in [6, 6.07) is 3.79. The van der Waals surface area contributed by atoms with Gasteiger partial charge in [0.05, 0.1) is 11.8 Å². The van der Waals surface area contributed by atoms with E-state index >= 15 is 0 Å². The zero-order valence-corrected chi connectivity index (χ0v) is 13.3. The van der Waals surface area contributed by atoms with Crippen LogP contribution in [0.3, 0.4) is 0 Å².